The molecule has 1 amide bonds. The second-order valence-electron chi connectivity index (χ2n) is 28.5. The molecule has 17 unspecified atom stereocenters. The van der Waals surface area contributed by atoms with E-state index in [0.29, 0.717) is 6.42 Å². The van der Waals surface area contributed by atoms with E-state index in [1.807, 2.05) is 6.08 Å². The van der Waals surface area contributed by atoms with E-state index in [1.54, 1.807) is 6.08 Å². The van der Waals surface area contributed by atoms with Crippen LogP contribution in [0.2, 0.25) is 0 Å². The van der Waals surface area contributed by atoms with Gasteiger partial charge in [-0.1, -0.05) is 300 Å². The lowest BCUT2D eigenvalue weighted by Crippen LogP contribution is -2.66. The minimum absolute atomic E-state index is 0.246. The number of ether oxygens (including phenoxy) is 6. The Morgan fingerprint density at radius 3 is 1.05 bits per heavy atom. The normalized spacial score (nSPS) is 27.0. The minimum Gasteiger partial charge on any atom is -0.394 e. The van der Waals surface area contributed by atoms with Gasteiger partial charge in [0.05, 0.1) is 38.6 Å². The van der Waals surface area contributed by atoms with Crippen LogP contribution >= 0.6 is 0 Å². The van der Waals surface area contributed by atoms with E-state index in [4.69, 9.17) is 28.4 Å². The Kier molecular flexibility index (Phi) is 55.1. The first-order chi connectivity index (χ1) is 47.8. The molecule has 0 saturated carbocycles. The van der Waals surface area contributed by atoms with E-state index in [-0.39, 0.29) is 18.9 Å². The molecule has 0 aromatic heterocycles. The van der Waals surface area contributed by atoms with Crippen LogP contribution in [-0.4, -0.2) is 193 Å². The topological polar surface area (TPSA) is 307 Å². The van der Waals surface area contributed by atoms with Gasteiger partial charge in [-0.2, -0.15) is 0 Å². The van der Waals surface area contributed by atoms with Gasteiger partial charge in [0.25, 0.3) is 0 Å². The summed E-state index contributed by atoms with van der Waals surface area (Å²) in [5.74, 6) is -0.271. The highest BCUT2D eigenvalue weighted by Crippen LogP contribution is 2.33. The van der Waals surface area contributed by atoms with Gasteiger partial charge in [-0.3, -0.25) is 4.79 Å². The molecule has 3 rings (SSSR count). The van der Waals surface area contributed by atoms with Gasteiger partial charge in [0.2, 0.25) is 5.91 Å². The minimum atomic E-state index is -1.98. The number of allylic oxidation sites excluding steroid dienone is 7. The van der Waals surface area contributed by atoms with E-state index < -0.39 is 124 Å². The SMILES string of the molecule is CCCCCCC/C=C\C/C=C\C/C=C\CCCCCCCCCCCCCCCCCCCCCCCCC(=O)NC(COC1OC(CO)C(OC2OC(CO)C(OC3OC(CO)C(O)C(O)C3O)C(O)C2O)C(O)C1O)C(O)/C=C/CCCCCCCCCCCCCCCC. The number of nitrogens with one attached hydrogen (secondary N) is 1. The molecule has 19 nitrogen and oxygen atoms in total. The fraction of sp³-hybridized carbons (Fsp3) is 0.886. The van der Waals surface area contributed by atoms with Crippen molar-refractivity contribution in [1.29, 1.82) is 0 Å². The van der Waals surface area contributed by atoms with Crippen molar-refractivity contribution in [3.8, 4) is 0 Å². The Bertz CT molecular complexity index is 1960. The van der Waals surface area contributed by atoms with Crippen LogP contribution in [0, 0.1) is 0 Å². The summed E-state index contributed by atoms with van der Waals surface area (Å²) in [6, 6.07) is -0.972. The van der Waals surface area contributed by atoms with Crippen LogP contribution in [-0.2, 0) is 33.2 Å². The van der Waals surface area contributed by atoms with Gasteiger partial charge in [0.1, 0.15) is 73.2 Å². The molecule has 3 heterocycles. The molecule has 0 aliphatic carbocycles. The van der Waals surface area contributed by atoms with Crippen molar-refractivity contribution < 1.29 is 89.4 Å². The zero-order chi connectivity index (χ0) is 71.1. The Morgan fingerprint density at radius 2 is 0.673 bits per heavy atom. The highest BCUT2D eigenvalue weighted by atomic mass is 16.8. The Balaban J connectivity index is 1.32. The quantitative estimate of drug-likeness (QED) is 0.0199. The van der Waals surface area contributed by atoms with E-state index in [9.17, 15) is 61.0 Å². The molecule has 3 fully saturated rings. The van der Waals surface area contributed by atoms with Crippen LogP contribution in [0.5, 0.6) is 0 Å². The van der Waals surface area contributed by atoms with Crippen molar-refractivity contribution >= 4 is 5.91 Å². The lowest BCUT2D eigenvalue weighted by molar-refractivity contribution is -0.379. The van der Waals surface area contributed by atoms with Crippen molar-refractivity contribution in [2.75, 3.05) is 26.4 Å². The first kappa shape index (κ1) is 90.0. The van der Waals surface area contributed by atoms with Gasteiger partial charge in [-0.25, -0.2) is 0 Å². The maximum atomic E-state index is 13.4. The molecule has 0 aromatic carbocycles. The van der Waals surface area contributed by atoms with Gasteiger partial charge < -0.3 is 89.9 Å². The zero-order valence-electron chi connectivity index (χ0n) is 61.3. The monoisotopic (exact) mass is 1400 g/mol. The van der Waals surface area contributed by atoms with Gasteiger partial charge >= 0.3 is 0 Å². The maximum absolute atomic E-state index is 13.4. The number of aliphatic hydroxyl groups is 11. The number of carbonyl (C=O) groups is 1. The van der Waals surface area contributed by atoms with E-state index in [0.717, 1.165) is 57.8 Å². The molecular formula is C79H145NO18. The van der Waals surface area contributed by atoms with Gasteiger partial charge in [0.15, 0.2) is 18.9 Å². The lowest BCUT2D eigenvalue weighted by atomic mass is 9.96. The van der Waals surface area contributed by atoms with Crippen LogP contribution in [0.15, 0.2) is 48.6 Å². The largest absolute Gasteiger partial charge is 0.394 e. The summed E-state index contributed by atoms with van der Waals surface area (Å²) >= 11 is 0. The molecule has 17 atom stereocenters. The summed E-state index contributed by atoms with van der Waals surface area (Å²) in [5.41, 5.74) is 0. The van der Waals surface area contributed by atoms with Crippen LogP contribution in [0.4, 0.5) is 0 Å². The summed E-state index contributed by atoms with van der Waals surface area (Å²) < 4.78 is 34.4. The molecule has 574 valence electrons. The summed E-state index contributed by atoms with van der Waals surface area (Å²) in [5, 5.41) is 121. The third-order valence-electron chi connectivity index (χ3n) is 19.9. The fourth-order valence-electron chi connectivity index (χ4n) is 13.4. The molecule has 0 spiro atoms. The smallest absolute Gasteiger partial charge is 0.220 e. The van der Waals surface area contributed by atoms with Gasteiger partial charge in [-0.15, -0.1) is 0 Å². The molecule has 3 aliphatic heterocycles. The molecule has 98 heavy (non-hydrogen) atoms. The molecule has 19 heteroatoms. The van der Waals surface area contributed by atoms with Crippen LogP contribution in [0.25, 0.3) is 0 Å². The van der Waals surface area contributed by atoms with Crippen LogP contribution in [0.3, 0.4) is 0 Å². The molecule has 0 aromatic rings. The van der Waals surface area contributed by atoms with Gasteiger partial charge in [-0.05, 0) is 57.8 Å². The molecule has 3 saturated heterocycles. The molecule has 12 N–H and O–H groups in total. The average molecular weight is 1400 g/mol. The second-order valence-corrected chi connectivity index (χ2v) is 28.5. The van der Waals surface area contributed by atoms with E-state index in [1.165, 1.54) is 231 Å². The van der Waals surface area contributed by atoms with Crippen LogP contribution in [0.1, 0.15) is 316 Å². The summed E-state index contributed by atoms with van der Waals surface area (Å²) in [6.45, 7) is 1.75. The second kappa shape index (κ2) is 60.1. The number of carbonyl (C=O) groups excluding carboxylic acids is 1. The molecule has 3 aliphatic rings. The Labute approximate surface area is 593 Å². The number of rotatable bonds is 63. The van der Waals surface area contributed by atoms with E-state index in [2.05, 4.69) is 55.6 Å². The molecule has 0 bridgehead atoms. The van der Waals surface area contributed by atoms with Crippen molar-refractivity contribution in [3.05, 3.63) is 48.6 Å². The van der Waals surface area contributed by atoms with Crippen molar-refractivity contribution in [1.82, 2.24) is 5.32 Å². The zero-order valence-corrected chi connectivity index (χ0v) is 61.3. The number of amides is 1. The number of hydrogen-bond donors (Lipinski definition) is 12. The highest BCUT2D eigenvalue weighted by molar-refractivity contribution is 5.76. The van der Waals surface area contributed by atoms with Gasteiger partial charge in [0, 0.05) is 6.42 Å². The predicted molar refractivity (Wildman–Crippen MR) is 388 cm³/mol. The third kappa shape index (κ3) is 40.1. The lowest BCUT2D eigenvalue weighted by Gasteiger charge is -2.48. The predicted octanol–water partition coefficient (Wildman–Crippen LogP) is 12.9. The first-order valence-electron chi connectivity index (χ1n) is 39.9. The highest BCUT2D eigenvalue weighted by Gasteiger charge is 2.54. The number of hydrogen-bond acceptors (Lipinski definition) is 18. The standard InChI is InChI=1S/C79H145NO18/c1-3-5-7-9-11-13-15-17-19-21-22-23-24-25-26-27-28-29-30-31-32-33-34-35-36-37-38-39-40-41-43-45-47-49-51-53-55-57-67(85)80-62(63(84)56-54-52-50-48-46-44-42-20-18-16-14-12-10-8-6-4-2)61-93-77-73(91)70(88)75(65(59-82)95-77)98-79-74(92)71(89)76(66(60-83)96-79)97-78-72(90)69(87)68(86)64(58-81)94-78/h15,17,21-22,24-25,54,56,62-66,68-79,81-84,86-92H,3-14,16,18-20,23,26-53,55,57-61H2,1-2H3,(H,80,85)/b17-15-,22-21-,25-24-,56-54+. The number of unbranched alkanes of at least 4 members (excludes halogenated alkanes) is 41. The van der Waals surface area contributed by atoms with Crippen molar-refractivity contribution in [2.24, 2.45) is 0 Å². The summed E-state index contributed by atoms with van der Waals surface area (Å²) in [4.78, 5) is 13.4. The Hall–Kier alpha value is -2.25. The Morgan fingerprint density at radius 1 is 0.367 bits per heavy atom. The summed E-state index contributed by atoms with van der Waals surface area (Å²) in [7, 11) is 0. The fourth-order valence-corrected chi connectivity index (χ4v) is 13.4. The van der Waals surface area contributed by atoms with E-state index >= 15 is 0 Å². The maximum Gasteiger partial charge on any atom is 0.220 e. The third-order valence-corrected chi connectivity index (χ3v) is 19.9. The van der Waals surface area contributed by atoms with Crippen molar-refractivity contribution in [2.45, 2.75) is 420 Å². The summed E-state index contributed by atoms with van der Waals surface area (Å²) in [6.07, 6.45) is 48.3. The van der Waals surface area contributed by atoms with Crippen LogP contribution < -0.4 is 5.32 Å². The average Bonchev–Trinajstić information content (AvgIpc) is 0.784. The molecular weight excluding hydrogens is 1250 g/mol. The molecule has 0 radical (unpaired) electrons. The first-order valence-corrected chi connectivity index (χ1v) is 39.9. The number of aliphatic hydroxyl groups excluding tert-OH is 11. The van der Waals surface area contributed by atoms with Crippen molar-refractivity contribution in [3.63, 3.8) is 0 Å².